The van der Waals surface area contributed by atoms with Crippen molar-refractivity contribution in [3.8, 4) is 0 Å². The lowest BCUT2D eigenvalue weighted by atomic mass is 10.2. The monoisotopic (exact) mass is 315 g/mol. The molecule has 0 bridgehead atoms. The van der Waals surface area contributed by atoms with Crippen molar-refractivity contribution < 1.29 is 4.74 Å². The summed E-state index contributed by atoms with van der Waals surface area (Å²) >= 11 is 9.28. The number of rotatable bonds is 3. The van der Waals surface area contributed by atoms with Crippen LogP contribution in [0.2, 0.25) is 0 Å². The molecule has 0 N–H and O–H groups in total. The van der Waals surface area contributed by atoms with Gasteiger partial charge >= 0.3 is 0 Å². The molecule has 0 aliphatic carbocycles. The molecule has 0 aromatic carbocycles. The van der Waals surface area contributed by atoms with Gasteiger partial charge in [-0.2, -0.15) is 0 Å². The van der Waals surface area contributed by atoms with E-state index in [9.17, 15) is 0 Å². The molecule has 3 heterocycles. The first-order valence-corrected chi connectivity index (χ1v) is 6.79. The number of halogens is 2. The maximum Gasteiger partial charge on any atom is 0.124 e. The molecule has 0 spiro atoms. The Morgan fingerprint density at radius 1 is 1.59 bits per heavy atom. The molecule has 1 fully saturated rings. The van der Waals surface area contributed by atoms with Crippen LogP contribution in [0.5, 0.6) is 0 Å². The van der Waals surface area contributed by atoms with E-state index < -0.39 is 0 Å². The highest BCUT2D eigenvalue weighted by Crippen LogP contribution is 2.22. The standard InChI is InChI=1S/C11H11BrClN3O/c12-10-3-8-9(5-14-10)16(11(4-13)15-8)6-7-1-2-17-7/h3,5,7H,1-2,4,6H2/t7-/m0/s1. The van der Waals surface area contributed by atoms with Crippen LogP contribution >= 0.6 is 27.5 Å². The molecule has 2 aromatic heterocycles. The smallest absolute Gasteiger partial charge is 0.124 e. The van der Waals surface area contributed by atoms with Gasteiger partial charge in [0.25, 0.3) is 0 Å². The van der Waals surface area contributed by atoms with Gasteiger partial charge in [-0.15, -0.1) is 11.6 Å². The average Bonchev–Trinajstić information content (AvgIpc) is 2.60. The van der Waals surface area contributed by atoms with Crippen molar-refractivity contribution in [1.29, 1.82) is 0 Å². The first-order valence-electron chi connectivity index (χ1n) is 5.46. The van der Waals surface area contributed by atoms with E-state index in [0.717, 1.165) is 41.0 Å². The lowest BCUT2D eigenvalue weighted by Gasteiger charge is -2.27. The molecule has 3 rings (SSSR count). The van der Waals surface area contributed by atoms with Crippen LogP contribution < -0.4 is 0 Å². The number of nitrogens with zero attached hydrogens (tertiary/aromatic N) is 3. The number of pyridine rings is 1. The second-order valence-corrected chi connectivity index (χ2v) is 5.13. The Kier molecular flexibility index (Phi) is 3.06. The third-order valence-electron chi connectivity index (χ3n) is 2.98. The quantitative estimate of drug-likeness (QED) is 0.646. The zero-order valence-electron chi connectivity index (χ0n) is 9.07. The third-order valence-corrected chi connectivity index (χ3v) is 3.65. The molecule has 17 heavy (non-hydrogen) atoms. The number of fused-ring (bicyclic) bond motifs is 1. The van der Waals surface area contributed by atoms with E-state index in [0.29, 0.717) is 5.88 Å². The van der Waals surface area contributed by atoms with Crippen molar-refractivity contribution in [3.05, 3.63) is 22.7 Å². The van der Waals surface area contributed by atoms with Crippen LogP contribution in [0, 0.1) is 0 Å². The summed E-state index contributed by atoms with van der Waals surface area (Å²) in [4.78, 5) is 8.75. The molecule has 1 aliphatic rings. The van der Waals surface area contributed by atoms with E-state index in [4.69, 9.17) is 16.3 Å². The fraction of sp³-hybridized carbons (Fsp3) is 0.455. The Labute approximate surface area is 112 Å². The molecule has 0 unspecified atom stereocenters. The first kappa shape index (κ1) is 11.4. The maximum absolute atomic E-state index is 5.93. The summed E-state index contributed by atoms with van der Waals surface area (Å²) in [6.45, 7) is 1.67. The highest BCUT2D eigenvalue weighted by Gasteiger charge is 2.21. The maximum atomic E-state index is 5.93. The van der Waals surface area contributed by atoms with Gasteiger partial charge < -0.3 is 9.30 Å². The van der Waals surface area contributed by atoms with Crippen molar-refractivity contribution in [2.45, 2.75) is 24.9 Å². The second-order valence-electron chi connectivity index (χ2n) is 4.05. The van der Waals surface area contributed by atoms with E-state index in [1.807, 2.05) is 12.3 Å². The average molecular weight is 317 g/mol. The fourth-order valence-electron chi connectivity index (χ4n) is 1.99. The Bertz CT molecular complexity index is 553. The van der Waals surface area contributed by atoms with Gasteiger partial charge in [-0.05, 0) is 28.4 Å². The number of hydrogen-bond donors (Lipinski definition) is 0. The minimum Gasteiger partial charge on any atom is -0.376 e. The van der Waals surface area contributed by atoms with E-state index in [1.54, 1.807) is 0 Å². The van der Waals surface area contributed by atoms with E-state index in [-0.39, 0.29) is 6.10 Å². The van der Waals surface area contributed by atoms with Crippen LogP contribution in [0.4, 0.5) is 0 Å². The lowest BCUT2D eigenvalue weighted by Crippen LogP contribution is -2.31. The molecule has 1 atom stereocenters. The van der Waals surface area contributed by atoms with Crippen LogP contribution in [0.25, 0.3) is 11.0 Å². The van der Waals surface area contributed by atoms with Crippen molar-refractivity contribution >= 4 is 38.6 Å². The fourth-order valence-corrected chi connectivity index (χ4v) is 2.51. The molecule has 2 aromatic rings. The number of alkyl halides is 1. The predicted molar refractivity (Wildman–Crippen MR) is 69.1 cm³/mol. The minimum atomic E-state index is 0.290. The largest absolute Gasteiger partial charge is 0.376 e. The number of aromatic nitrogens is 3. The van der Waals surface area contributed by atoms with Gasteiger partial charge in [0, 0.05) is 6.61 Å². The van der Waals surface area contributed by atoms with Crippen molar-refractivity contribution in [2.24, 2.45) is 0 Å². The van der Waals surface area contributed by atoms with E-state index in [1.165, 1.54) is 0 Å². The number of ether oxygens (including phenoxy) is 1. The normalized spacial score (nSPS) is 19.5. The van der Waals surface area contributed by atoms with E-state index >= 15 is 0 Å². The van der Waals surface area contributed by atoms with Gasteiger partial charge in [0.2, 0.25) is 0 Å². The van der Waals surface area contributed by atoms with Crippen molar-refractivity contribution in [1.82, 2.24) is 14.5 Å². The van der Waals surface area contributed by atoms with Gasteiger partial charge in [0.05, 0.1) is 35.8 Å². The molecule has 0 saturated carbocycles. The van der Waals surface area contributed by atoms with Crippen LogP contribution in [0.1, 0.15) is 12.2 Å². The molecular weight excluding hydrogens is 305 g/mol. The molecule has 0 amide bonds. The summed E-state index contributed by atoms with van der Waals surface area (Å²) in [5, 5.41) is 0. The second kappa shape index (κ2) is 4.55. The van der Waals surface area contributed by atoms with Crippen LogP contribution in [0.3, 0.4) is 0 Å². The predicted octanol–water partition coefficient (Wildman–Crippen LogP) is 2.72. The van der Waals surface area contributed by atoms with Crippen molar-refractivity contribution in [3.63, 3.8) is 0 Å². The number of hydrogen-bond acceptors (Lipinski definition) is 3. The van der Waals surface area contributed by atoms with Gasteiger partial charge in [0.1, 0.15) is 10.4 Å². The lowest BCUT2D eigenvalue weighted by molar-refractivity contribution is -0.0589. The van der Waals surface area contributed by atoms with E-state index in [2.05, 4.69) is 30.5 Å². The molecule has 6 heteroatoms. The third kappa shape index (κ3) is 2.07. The molecule has 1 saturated heterocycles. The Morgan fingerprint density at radius 3 is 3.06 bits per heavy atom. The summed E-state index contributed by atoms with van der Waals surface area (Å²) < 4.78 is 8.35. The van der Waals surface area contributed by atoms with Crippen molar-refractivity contribution in [2.75, 3.05) is 6.61 Å². The van der Waals surface area contributed by atoms with Crippen LogP contribution in [-0.2, 0) is 17.2 Å². The minimum absolute atomic E-state index is 0.290. The summed E-state index contributed by atoms with van der Waals surface area (Å²) in [5.74, 6) is 1.27. The summed E-state index contributed by atoms with van der Waals surface area (Å²) in [5.41, 5.74) is 1.93. The number of imidazole rings is 1. The summed E-state index contributed by atoms with van der Waals surface area (Å²) in [6, 6.07) is 1.91. The Hall–Kier alpha value is -0.650. The van der Waals surface area contributed by atoms with Gasteiger partial charge in [-0.3, -0.25) is 0 Å². The van der Waals surface area contributed by atoms with Gasteiger partial charge in [-0.1, -0.05) is 0 Å². The summed E-state index contributed by atoms with van der Waals surface area (Å²) in [6.07, 6.45) is 3.21. The Balaban J connectivity index is 2.05. The molecule has 4 nitrogen and oxygen atoms in total. The zero-order chi connectivity index (χ0) is 11.8. The van der Waals surface area contributed by atoms with Gasteiger partial charge in [0.15, 0.2) is 0 Å². The highest BCUT2D eigenvalue weighted by molar-refractivity contribution is 9.10. The molecule has 90 valence electrons. The molecular formula is C11H11BrClN3O. The highest BCUT2D eigenvalue weighted by atomic mass is 79.9. The SMILES string of the molecule is ClCc1nc2cc(Br)ncc2n1C[C@@H]1CCO1. The topological polar surface area (TPSA) is 39.9 Å². The van der Waals surface area contributed by atoms with Gasteiger partial charge in [-0.25, -0.2) is 9.97 Å². The van der Waals surface area contributed by atoms with Crippen LogP contribution in [-0.4, -0.2) is 27.2 Å². The summed E-state index contributed by atoms with van der Waals surface area (Å²) in [7, 11) is 0. The molecule has 0 radical (unpaired) electrons. The zero-order valence-corrected chi connectivity index (χ0v) is 11.4. The Morgan fingerprint density at radius 2 is 2.41 bits per heavy atom. The van der Waals surface area contributed by atoms with Crippen LogP contribution in [0.15, 0.2) is 16.9 Å². The first-order chi connectivity index (χ1) is 8.28. The molecule has 1 aliphatic heterocycles.